The highest BCUT2D eigenvalue weighted by atomic mass is 127. The molecule has 1 saturated heterocycles. The van der Waals surface area contributed by atoms with Crippen LogP contribution in [0, 0.1) is 11.2 Å². The van der Waals surface area contributed by atoms with E-state index in [0.29, 0.717) is 32.5 Å². The molecule has 0 radical (unpaired) electrons. The Morgan fingerprint density at radius 1 is 1.41 bits per heavy atom. The zero-order chi connectivity index (χ0) is 18.8. The second-order valence-electron chi connectivity index (χ2n) is 6.74. The van der Waals surface area contributed by atoms with Crippen molar-refractivity contribution in [2.75, 3.05) is 39.5 Å². The summed E-state index contributed by atoms with van der Waals surface area (Å²) in [5.41, 5.74) is 0.666. The van der Waals surface area contributed by atoms with Gasteiger partial charge in [-0.1, -0.05) is 22.0 Å². The fourth-order valence-electron chi connectivity index (χ4n) is 3.09. The van der Waals surface area contributed by atoms with E-state index >= 15 is 0 Å². The summed E-state index contributed by atoms with van der Waals surface area (Å²) >= 11 is 3.27. The van der Waals surface area contributed by atoms with Crippen molar-refractivity contribution in [3.05, 3.63) is 34.1 Å². The van der Waals surface area contributed by atoms with Gasteiger partial charge in [0.25, 0.3) is 0 Å². The molecule has 0 saturated carbocycles. The highest BCUT2D eigenvalue weighted by molar-refractivity contribution is 14.0. The van der Waals surface area contributed by atoms with Crippen molar-refractivity contribution in [1.82, 2.24) is 10.6 Å². The number of ether oxygens (including phenoxy) is 1. The smallest absolute Gasteiger partial charge is 0.191 e. The summed E-state index contributed by atoms with van der Waals surface area (Å²) in [4.78, 5) is 4.68. The normalized spacial score (nSPS) is 19.6. The lowest BCUT2D eigenvalue weighted by Crippen LogP contribution is -2.39. The summed E-state index contributed by atoms with van der Waals surface area (Å²) in [5.74, 6) is 0.583. The Labute approximate surface area is 186 Å². The van der Waals surface area contributed by atoms with Gasteiger partial charge in [-0.25, -0.2) is 4.39 Å². The van der Waals surface area contributed by atoms with Gasteiger partial charge in [-0.15, -0.1) is 24.0 Å². The first-order chi connectivity index (χ1) is 12.6. The van der Waals surface area contributed by atoms with E-state index in [9.17, 15) is 9.50 Å². The summed E-state index contributed by atoms with van der Waals surface area (Å²) in [6.45, 7) is 5.68. The van der Waals surface area contributed by atoms with Gasteiger partial charge < -0.3 is 20.5 Å². The van der Waals surface area contributed by atoms with Crippen LogP contribution in [-0.2, 0) is 11.2 Å². The van der Waals surface area contributed by atoms with Crippen LogP contribution in [0.3, 0.4) is 0 Å². The molecule has 1 fully saturated rings. The quantitative estimate of drug-likeness (QED) is 0.188. The van der Waals surface area contributed by atoms with Crippen molar-refractivity contribution in [2.24, 2.45) is 10.4 Å². The molecule has 0 amide bonds. The standard InChI is InChI=1S/C19H29BrFN3O2.HI/c1-2-22-18(24-13-19(7-10-25)8-11-26-14-19)23-9-3-4-15-5-6-16(20)12-17(15)21;/h5-6,12,25H,2-4,7-11,13-14H2,1H3,(H2,22,23,24);1H. The van der Waals surface area contributed by atoms with Gasteiger partial charge in [0.2, 0.25) is 0 Å². The third-order valence-electron chi connectivity index (χ3n) is 4.67. The molecular formula is C19H30BrFIN3O2. The van der Waals surface area contributed by atoms with Crippen LogP contribution in [0.5, 0.6) is 0 Å². The Hall–Kier alpha value is -0.450. The van der Waals surface area contributed by atoms with Crippen LogP contribution >= 0.6 is 39.9 Å². The predicted molar refractivity (Wildman–Crippen MR) is 121 cm³/mol. The molecule has 27 heavy (non-hydrogen) atoms. The van der Waals surface area contributed by atoms with Gasteiger partial charge in [0, 0.05) is 36.2 Å². The van der Waals surface area contributed by atoms with Crippen LogP contribution in [0.25, 0.3) is 0 Å². The van der Waals surface area contributed by atoms with E-state index in [1.165, 1.54) is 6.07 Å². The molecule has 3 N–H and O–H groups in total. The summed E-state index contributed by atoms with van der Waals surface area (Å²) in [6.07, 6.45) is 3.12. The minimum Gasteiger partial charge on any atom is -0.396 e. The molecule has 154 valence electrons. The molecule has 8 heteroatoms. The topological polar surface area (TPSA) is 65.9 Å². The second kappa shape index (κ2) is 12.9. The van der Waals surface area contributed by atoms with E-state index in [0.717, 1.165) is 42.0 Å². The summed E-state index contributed by atoms with van der Waals surface area (Å²) < 4.78 is 20.1. The minimum absolute atomic E-state index is 0. The molecule has 0 bridgehead atoms. The summed E-state index contributed by atoms with van der Waals surface area (Å²) in [5, 5.41) is 15.9. The van der Waals surface area contributed by atoms with E-state index in [-0.39, 0.29) is 41.8 Å². The Balaban J connectivity index is 0.00000364. The monoisotopic (exact) mass is 557 g/mol. The number of benzene rings is 1. The van der Waals surface area contributed by atoms with Crippen LogP contribution < -0.4 is 10.6 Å². The number of aliphatic hydroxyl groups excluding tert-OH is 1. The Kier molecular flexibility index (Phi) is 11.7. The Bertz CT molecular complexity index is 598. The summed E-state index contributed by atoms with van der Waals surface area (Å²) in [6, 6.07) is 5.18. The van der Waals surface area contributed by atoms with Crippen LogP contribution in [-0.4, -0.2) is 50.5 Å². The lowest BCUT2D eigenvalue weighted by molar-refractivity contribution is 0.131. The molecule has 5 nitrogen and oxygen atoms in total. The van der Waals surface area contributed by atoms with E-state index in [2.05, 4.69) is 31.6 Å². The Morgan fingerprint density at radius 2 is 2.22 bits per heavy atom. The van der Waals surface area contributed by atoms with Crippen molar-refractivity contribution in [3.63, 3.8) is 0 Å². The minimum atomic E-state index is -0.174. The van der Waals surface area contributed by atoms with Crippen molar-refractivity contribution < 1.29 is 14.2 Å². The Morgan fingerprint density at radius 3 is 2.85 bits per heavy atom. The molecule has 1 aliphatic heterocycles. The highest BCUT2D eigenvalue weighted by Gasteiger charge is 2.34. The first-order valence-corrected chi connectivity index (χ1v) is 10.0. The lowest BCUT2D eigenvalue weighted by Gasteiger charge is -2.24. The average molecular weight is 558 g/mol. The largest absolute Gasteiger partial charge is 0.396 e. The third-order valence-corrected chi connectivity index (χ3v) is 5.17. The van der Waals surface area contributed by atoms with Gasteiger partial charge >= 0.3 is 0 Å². The molecule has 1 aromatic rings. The molecule has 1 heterocycles. The van der Waals surface area contributed by atoms with E-state index in [4.69, 9.17) is 4.74 Å². The van der Waals surface area contributed by atoms with Crippen LogP contribution in [0.15, 0.2) is 27.7 Å². The number of aliphatic hydroxyl groups is 1. The highest BCUT2D eigenvalue weighted by Crippen LogP contribution is 2.32. The second-order valence-corrected chi connectivity index (χ2v) is 7.65. The van der Waals surface area contributed by atoms with Gasteiger partial charge in [0.05, 0.1) is 13.2 Å². The van der Waals surface area contributed by atoms with Crippen molar-refractivity contribution in [2.45, 2.75) is 32.6 Å². The maximum absolute atomic E-state index is 13.8. The van der Waals surface area contributed by atoms with Crippen LogP contribution in [0.2, 0.25) is 0 Å². The first-order valence-electron chi connectivity index (χ1n) is 9.23. The summed E-state index contributed by atoms with van der Waals surface area (Å²) in [7, 11) is 0. The van der Waals surface area contributed by atoms with Crippen molar-refractivity contribution in [3.8, 4) is 0 Å². The molecule has 0 spiro atoms. The van der Waals surface area contributed by atoms with Gasteiger partial charge in [0.1, 0.15) is 5.82 Å². The molecule has 1 aliphatic rings. The number of nitrogens with zero attached hydrogens (tertiary/aromatic N) is 1. The van der Waals surface area contributed by atoms with Crippen molar-refractivity contribution >= 4 is 45.9 Å². The molecule has 1 atom stereocenters. The molecule has 2 rings (SSSR count). The number of hydrogen-bond donors (Lipinski definition) is 3. The SMILES string of the molecule is CCNC(=NCC1(CCO)CCOC1)NCCCc1ccc(Br)cc1F.I. The number of nitrogens with one attached hydrogen (secondary N) is 2. The lowest BCUT2D eigenvalue weighted by atomic mass is 9.84. The number of halogens is 3. The van der Waals surface area contributed by atoms with Crippen LogP contribution in [0.1, 0.15) is 31.7 Å². The van der Waals surface area contributed by atoms with Gasteiger partial charge in [-0.2, -0.15) is 0 Å². The van der Waals surface area contributed by atoms with Gasteiger partial charge in [-0.05, 0) is 50.3 Å². The number of aliphatic imine (C=N–C) groups is 1. The number of hydrogen-bond acceptors (Lipinski definition) is 3. The third kappa shape index (κ3) is 8.21. The molecule has 1 aromatic carbocycles. The number of aryl methyl sites for hydroxylation is 1. The zero-order valence-corrected chi connectivity index (χ0v) is 19.7. The average Bonchev–Trinajstić information content (AvgIpc) is 3.07. The molecule has 0 aliphatic carbocycles. The maximum atomic E-state index is 13.8. The first kappa shape index (κ1) is 24.6. The van der Waals surface area contributed by atoms with Crippen LogP contribution in [0.4, 0.5) is 4.39 Å². The fraction of sp³-hybridized carbons (Fsp3) is 0.632. The van der Waals surface area contributed by atoms with E-state index in [1.54, 1.807) is 0 Å². The number of guanidine groups is 1. The fourth-order valence-corrected chi connectivity index (χ4v) is 3.42. The van der Waals surface area contributed by atoms with Gasteiger partial charge in [0.15, 0.2) is 5.96 Å². The van der Waals surface area contributed by atoms with Crippen molar-refractivity contribution in [1.29, 1.82) is 0 Å². The molecular weight excluding hydrogens is 528 g/mol. The van der Waals surface area contributed by atoms with Gasteiger partial charge in [-0.3, -0.25) is 4.99 Å². The molecule has 1 unspecified atom stereocenters. The van der Waals surface area contributed by atoms with E-state index in [1.807, 2.05) is 19.1 Å². The molecule has 0 aromatic heterocycles. The maximum Gasteiger partial charge on any atom is 0.191 e. The zero-order valence-electron chi connectivity index (χ0n) is 15.8. The van der Waals surface area contributed by atoms with E-state index < -0.39 is 0 Å². The predicted octanol–water partition coefficient (Wildman–Crippen LogP) is 3.48. The number of rotatable bonds is 9.